The minimum absolute atomic E-state index is 0.141. The van der Waals surface area contributed by atoms with E-state index in [-0.39, 0.29) is 5.28 Å². The van der Waals surface area contributed by atoms with Crippen LogP contribution in [-0.2, 0) is 4.74 Å². The molecule has 8 heteroatoms. The Hall–Kier alpha value is -1.05. The van der Waals surface area contributed by atoms with Crippen LogP contribution >= 0.6 is 27.5 Å². The summed E-state index contributed by atoms with van der Waals surface area (Å²) in [4.78, 5) is 10.2. The van der Waals surface area contributed by atoms with Crippen molar-refractivity contribution in [2.45, 2.75) is 0 Å². The van der Waals surface area contributed by atoms with Gasteiger partial charge in [0.15, 0.2) is 11.6 Å². The second-order valence-corrected chi connectivity index (χ2v) is 5.00. The van der Waals surface area contributed by atoms with Crippen LogP contribution in [-0.4, -0.2) is 36.3 Å². The highest BCUT2D eigenvalue weighted by Crippen LogP contribution is 2.30. The van der Waals surface area contributed by atoms with E-state index < -0.39 is 0 Å². The quantitative estimate of drug-likeness (QED) is 0.649. The topological polar surface area (TPSA) is 76.3 Å². The maximum Gasteiger partial charge on any atom is 0.226 e. The van der Waals surface area contributed by atoms with Gasteiger partial charge in [0.2, 0.25) is 5.28 Å². The third kappa shape index (κ3) is 3.04. The van der Waals surface area contributed by atoms with E-state index in [4.69, 9.17) is 22.1 Å². The third-order valence-corrected chi connectivity index (χ3v) is 2.83. The van der Waals surface area contributed by atoms with E-state index in [0.717, 1.165) is 13.1 Å². The SMILES string of the molecule is C=C(Br)Nc1nc(Cl)nc(N2CCOCC2)c1N. The number of ether oxygens (including phenoxy) is 1. The van der Waals surface area contributed by atoms with Crippen LogP contribution in [0.15, 0.2) is 11.2 Å². The Labute approximate surface area is 118 Å². The molecule has 2 rings (SSSR count). The predicted molar refractivity (Wildman–Crippen MR) is 76.2 cm³/mol. The lowest BCUT2D eigenvalue weighted by atomic mass is 10.3. The van der Waals surface area contributed by atoms with Gasteiger partial charge in [-0.05, 0) is 27.5 Å². The molecule has 1 fully saturated rings. The van der Waals surface area contributed by atoms with Crippen molar-refractivity contribution in [3.63, 3.8) is 0 Å². The zero-order valence-corrected chi connectivity index (χ0v) is 12.0. The summed E-state index contributed by atoms with van der Waals surface area (Å²) in [6.45, 7) is 6.43. The van der Waals surface area contributed by atoms with E-state index in [1.807, 2.05) is 4.90 Å². The first-order valence-corrected chi connectivity index (χ1v) is 6.52. The van der Waals surface area contributed by atoms with Gasteiger partial charge < -0.3 is 20.7 Å². The molecule has 2 heterocycles. The summed E-state index contributed by atoms with van der Waals surface area (Å²) in [5, 5.41) is 3.04. The normalized spacial score (nSPS) is 15.6. The molecule has 0 radical (unpaired) electrons. The molecule has 0 amide bonds. The van der Waals surface area contributed by atoms with Gasteiger partial charge in [0.1, 0.15) is 5.69 Å². The number of nitrogen functional groups attached to an aromatic ring is 1. The number of halogens is 2. The minimum Gasteiger partial charge on any atom is -0.393 e. The van der Waals surface area contributed by atoms with Crippen molar-refractivity contribution in [1.29, 1.82) is 0 Å². The Morgan fingerprint density at radius 2 is 2.11 bits per heavy atom. The van der Waals surface area contributed by atoms with Crippen LogP contribution in [0.5, 0.6) is 0 Å². The first-order chi connectivity index (χ1) is 8.58. The largest absolute Gasteiger partial charge is 0.393 e. The first-order valence-electron chi connectivity index (χ1n) is 5.35. The highest BCUT2D eigenvalue weighted by atomic mass is 79.9. The number of hydrogen-bond donors (Lipinski definition) is 2. The number of nitrogens with zero attached hydrogens (tertiary/aromatic N) is 3. The lowest BCUT2D eigenvalue weighted by Gasteiger charge is -2.29. The van der Waals surface area contributed by atoms with Crippen molar-refractivity contribution in [3.8, 4) is 0 Å². The van der Waals surface area contributed by atoms with Gasteiger partial charge in [0.25, 0.3) is 0 Å². The molecule has 1 aliphatic heterocycles. The summed E-state index contributed by atoms with van der Waals surface area (Å²) in [7, 11) is 0. The van der Waals surface area contributed by atoms with Gasteiger partial charge in [-0.1, -0.05) is 6.58 Å². The fourth-order valence-electron chi connectivity index (χ4n) is 1.67. The molecule has 0 bridgehead atoms. The van der Waals surface area contributed by atoms with Gasteiger partial charge in [-0.25, -0.2) is 0 Å². The number of nitrogens with one attached hydrogen (secondary N) is 1. The van der Waals surface area contributed by atoms with Crippen molar-refractivity contribution in [2.75, 3.05) is 42.3 Å². The minimum atomic E-state index is 0.141. The maximum atomic E-state index is 6.04. The fourth-order valence-corrected chi connectivity index (χ4v) is 2.02. The molecule has 1 aromatic rings. The van der Waals surface area contributed by atoms with E-state index in [2.05, 4.69) is 37.8 Å². The Bertz CT molecular complexity index is 464. The molecule has 1 aromatic heterocycles. The number of morpholine rings is 1. The Kier molecular flexibility index (Phi) is 4.26. The highest BCUT2D eigenvalue weighted by Gasteiger charge is 2.19. The molecule has 0 atom stereocenters. The molecule has 3 N–H and O–H groups in total. The van der Waals surface area contributed by atoms with Crippen molar-refractivity contribution in [2.24, 2.45) is 0 Å². The molecule has 0 spiro atoms. The summed E-state index contributed by atoms with van der Waals surface area (Å²) < 4.78 is 5.84. The number of anilines is 3. The van der Waals surface area contributed by atoms with Crippen LogP contribution in [0.25, 0.3) is 0 Å². The maximum absolute atomic E-state index is 6.04. The van der Waals surface area contributed by atoms with E-state index in [9.17, 15) is 0 Å². The Morgan fingerprint density at radius 3 is 2.72 bits per heavy atom. The fraction of sp³-hybridized carbons (Fsp3) is 0.400. The van der Waals surface area contributed by atoms with E-state index in [0.29, 0.717) is 35.1 Å². The summed E-state index contributed by atoms with van der Waals surface area (Å²) >= 11 is 9.10. The summed E-state index contributed by atoms with van der Waals surface area (Å²) in [6.07, 6.45) is 0. The van der Waals surface area contributed by atoms with Crippen LogP contribution < -0.4 is 16.0 Å². The number of aromatic nitrogens is 2. The average Bonchev–Trinajstić information content (AvgIpc) is 2.34. The van der Waals surface area contributed by atoms with Gasteiger partial charge in [0, 0.05) is 13.1 Å². The highest BCUT2D eigenvalue weighted by molar-refractivity contribution is 9.11. The van der Waals surface area contributed by atoms with E-state index >= 15 is 0 Å². The summed E-state index contributed by atoms with van der Waals surface area (Å²) in [5.41, 5.74) is 6.49. The smallest absolute Gasteiger partial charge is 0.226 e. The standard InChI is InChI=1S/C10H13BrClN5O/c1-6(11)14-8-7(13)9(16-10(12)15-8)17-2-4-18-5-3-17/h1-5,13H2,(H,14,15,16). The van der Waals surface area contributed by atoms with Crippen LogP contribution in [0.1, 0.15) is 0 Å². The Morgan fingerprint density at radius 1 is 1.44 bits per heavy atom. The van der Waals surface area contributed by atoms with Crippen molar-refractivity contribution < 1.29 is 4.74 Å². The van der Waals surface area contributed by atoms with Crippen LogP contribution in [0, 0.1) is 0 Å². The number of rotatable bonds is 3. The molecule has 18 heavy (non-hydrogen) atoms. The molecule has 1 saturated heterocycles. The average molecular weight is 335 g/mol. The van der Waals surface area contributed by atoms with Crippen LogP contribution in [0.3, 0.4) is 0 Å². The second-order valence-electron chi connectivity index (χ2n) is 3.71. The molecule has 0 aliphatic carbocycles. The molecular weight excluding hydrogens is 322 g/mol. The lowest BCUT2D eigenvalue weighted by Crippen LogP contribution is -2.37. The van der Waals surface area contributed by atoms with Crippen molar-refractivity contribution >= 4 is 44.9 Å². The summed E-state index contributed by atoms with van der Waals surface area (Å²) in [5.74, 6) is 1.06. The van der Waals surface area contributed by atoms with Gasteiger partial charge in [0.05, 0.1) is 17.8 Å². The lowest BCUT2D eigenvalue weighted by molar-refractivity contribution is 0.122. The molecule has 0 aromatic carbocycles. The van der Waals surface area contributed by atoms with E-state index in [1.54, 1.807) is 0 Å². The molecule has 1 aliphatic rings. The molecule has 0 saturated carbocycles. The monoisotopic (exact) mass is 333 g/mol. The van der Waals surface area contributed by atoms with Gasteiger partial charge >= 0.3 is 0 Å². The van der Waals surface area contributed by atoms with Gasteiger partial charge in [-0.2, -0.15) is 9.97 Å². The second kappa shape index (κ2) is 5.73. The first kappa shape index (κ1) is 13.4. The molecular formula is C10H13BrClN5O. The zero-order valence-electron chi connectivity index (χ0n) is 9.62. The molecule has 0 unspecified atom stereocenters. The number of nitrogens with two attached hydrogens (primary N) is 1. The van der Waals surface area contributed by atoms with Crippen LogP contribution in [0.4, 0.5) is 17.3 Å². The zero-order chi connectivity index (χ0) is 13.1. The van der Waals surface area contributed by atoms with Gasteiger partial charge in [-0.3, -0.25) is 0 Å². The summed E-state index contributed by atoms with van der Waals surface area (Å²) in [6, 6.07) is 0. The van der Waals surface area contributed by atoms with Crippen molar-refractivity contribution in [1.82, 2.24) is 9.97 Å². The Balaban J connectivity index is 2.33. The van der Waals surface area contributed by atoms with E-state index in [1.165, 1.54) is 0 Å². The van der Waals surface area contributed by atoms with Gasteiger partial charge in [-0.15, -0.1) is 0 Å². The third-order valence-electron chi connectivity index (χ3n) is 2.46. The molecule has 98 valence electrons. The molecule has 6 nitrogen and oxygen atoms in total. The predicted octanol–water partition coefficient (Wildman–Crippen LogP) is 1.83. The van der Waals surface area contributed by atoms with Crippen molar-refractivity contribution in [3.05, 3.63) is 16.5 Å². The van der Waals surface area contributed by atoms with Crippen LogP contribution in [0.2, 0.25) is 5.28 Å². The number of hydrogen-bond acceptors (Lipinski definition) is 6.